The Kier molecular flexibility index (Phi) is 7.48. The van der Waals surface area contributed by atoms with Crippen LogP contribution < -0.4 is 22.5 Å². The Morgan fingerprint density at radius 3 is 2.70 bits per heavy atom. The van der Waals surface area contributed by atoms with E-state index in [1.54, 1.807) is 24.5 Å². The molecule has 0 fully saturated rings. The van der Waals surface area contributed by atoms with Crippen LogP contribution in [0.1, 0.15) is 18.4 Å². The van der Waals surface area contributed by atoms with Gasteiger partial charge in [-0.25, -0.2) is 4.79 Å². The second-order valence-electron chi connectivity index (χ2n) is 5.02. The minimum Gasteiger partial charge on any atom is -0.480 e. The maximum atomic E-state index is 12.0. The van der Waals surface area contributed by atoms with E-state index >= 15 is 0 Å². The molecule has 1 amide bonds. The molecule has 1 aromatic heterocycles. The topological polar surface area (TPSA) is 170 Å². The Labute approximate surface area is 134 Å². The highest BCUT2D eigenvalue weighted by Gasteiger charge is 2.23. The van der Waals surface area contributed by atoms with Crippen molar-refractivity contribution >= 4 is 17.8 Å². The van der Waals surface area contributed by atoms with Gasteiger partial charge in [0.15, 0.2) is 5.96 Å². The number of carbonyl (C=O) groups excluding carboxylic acids is 1. The lowest BCUT2D eigenvalue weighted by Gasteiger charge is -2.17. The van der Waals surface area contributed by atoms with E-state index in [-0.39, 0.29) is 12.4 Å². The molecule has 23 heavy (non-hydrogen) atoms. The van der Waals surface area contributed by atoms with Crippen LogP contribution in [-0.2, 0) is 16.0 Å². The van der Waals surface area contributed by atoms with Crippen LogP contribution in [0.5, 0.6) is 0 Å². The molecule has 1 heterocycles. The monoisotopic (exact) mass is 322 g/mol. The number of hydrogen-bond donors (Lipinski definition) is 5. The Hall–Kier alpha value is -2.68. The molecule has 0 aromatic carbocycles. The normalized spacial score (nSPS) is 12.9. The Morgan fingerprint density at radius 1 is 1.39 bits per heavy atom. The first-order valence-corrected chi connectivity index (χ1v) is 7.13. The van der Waals surface area contributed by atoms with Crippen LogP contribution in [0.3, 0.4) is 0 Å². The molecule has 9 heteroatoms. The zero-order valence-corrected chi connectivity index (χ0v) is 12.7. The van der Waals surface area contributed by atoms with Gasteiger partial charge in [-0.15, -0.1) is 0 Å². The third-order valence-corrected chi connectivity index (χ3v) is 3.08. The summed E-state index contributed by atoms with van der Waals surface area (Å²) in [6.07, 6.45) is 4.14. The number of nitrogens with zero attached hydrogens (tertiary/aromatic N) is 2. The lowest BCUT2D eigenvalue weighted by Crippen LogP contribution is -2.49. The largest absolute Gasteiger partial charge is 0.480 e. The van der Waals surface area contributed by atoms with Crippen molar-refractivity contribution in [3.63, 3.8) is 0 Å². The van der Waals surface area contributed by atoms with Gasteiger partial charge >= 0.3 is 5.97 Å². The standard InChI is InChI=1S/C14H22N6O3/c15-10(4-2-6-19-14(16)17)12(21)20-11(13(22)23)7-9-3-1-5-18-8-9/h1,3,5,8,10-11H,2,4,6-7,15H2,(H,20,21)(H,22,23)(H4,16,17,19)/t10-,11-/m0/s1. The molecule has 0 unspecified atom stereocenters. The van der Waals surface area contributed by atoms with E-state index < -0.39 is 24.0 Å². The third kappa shape index (κ3) is 7.23. The Bertz CT molecular complexity index is 545. The summed E-state index contributed by atoms with van der Waals surface area (Å²) in [4.78, 5) is 30.9. The van der Waals surface area contributed by atoms with Crippen molar-refractivity contribution in [1.29, 1.82) is 0 Å². The van der Waals surface area contributed by atoms with Crippen molar-refractivity contribution in [3.05, 3.63) is 30.1 Å². The smallest absolute Gasteiger partial charge is 0.326 e. The number of amides is 1. The average molecular weight is 322 g/mol. The van der Waals surface area contributed by atoms with E-state index in [1.165, 1.54) is 0 Å². The minimum atomic E-state index is -1.13. The van der Waals surface area contributed by atoms with Crippen molar-refractivity contribution < 1.29 is 14.7 Å². The molecule has 126 valence electrons. The van der Waals surface area contributed by atoms with Crippen molar-refractivity contribution in [2.75, 3.05) is 6.54 Å². The van der Waals surface area contributed by atoms with Crippen LogP contribution in [-0.4, -0.2) is 46.6 Å². The molecule has 0 radical (unpaired) electrons. The van der Waals surface area contributed by atoms with Crippen LogP contribution in [0.4, 0.5) is 0 Å². The summed E-state index contributed by atoms with van der Waals surface area (Å²) in [5, 5.41) is 11.7. The van der Waals surface area contributed by atoms with Crippen molar-refractivity contribution in [2.45, 2.75) is 31.3 Å². The number of guanidine groups is 1. The average Bonchev–Trinajstić information content (AvgIpc) is 2.51. The van der Waals surface area contributed by atoms with E-state index in [9.17, 15) is 14.7 Å². The summed E-state index contributed by atoms with van der Waals surface area (Å²) in [5.74, 6) is -1.67. The highest BCUT2D eigenvalue weighted by Crippen LogP contribution is 2.03. The van der Waals surface area contributed by atoms with Gasteiger partial charge in [-0.2, -0.15) is 0 Å². The molecule has 0 aliphatic rings. The minimum absolute atomic E-state index is 0.0227. The number of aliphatic carboxylic acids is 1. The summed E-state index contributed by atoms with van der Waals surface area (Å²) in [5.41, 5.74) is 16.8. The Balaban J connectivity index is 2.50. The first-order chi connectivity index (χ1) is 10.9. The van der Waals surface area contributed by atoms with Gasteiger partial charge in [0.2, 0.25) is 5.91 Å². The van der Waals surface area contributed by atoms with Crippen LogP contribution in [0.15, 0.2) is 29.5 Å². The fourth-order valence-corrected chi connectivity index (χ4v) is 1.88. The highest BCUT2D eigenvalue weighted by atomic mass is 16.4. The molecule has 0 saturated carbocycles. The number of carbonyl (C=O) groups is 2. The number of pyridine rings is 1. The maximum absolute atomic E-state index is 12.0. The fraction of sp³-hybridized carbons (Fsp3) is 0.429. The number of nitrogens with one attached hydrogen (secondary N) is 1. The quantitative estimate of drug-likeness (QED) is 0.211. The molecule has 8 N–H and O–H groups in total. The SMILES string of the molecule is NC(N)=NCCC[C@H](N)C(=O)N[C@@H](Cc1cccnc1)C(=O)O. The van der Waals surface area contributed by atoms with Gasteiger partial charge in [0.05, 0.1) is 6.04 Å². The second kappa shape index (κ2) is 9.36. The van der Waals surface area contributed by atoms with Gasteiger partial charge in [0.1, 0.15) is 6.04 Å². The third-order valence-electron chi connectivity index (χ3n) is 3.08. The van der Waals surface area contributed by atoms with Gasteiger partial charge in [-0.05, 0) is 24.5 Å². The molecule has 1 rings (SSSR count). The summed E-state index contributed by atoms with van der Waals surface area (Å²) in [7, 11) is 0. The van der Waals surface area contributed by atoms with E-state index in [0.717, 1.165) is 0 Å². The lowest BCUT2D eigenvalue weighted by atomic mass is 10.1. The van der Waals surface area contributed by atoms with Crippen LogP contribution in [0.2, 0.25) is 0 Å². The number of aliphatic imine (C=N–C) groups is 1. The number of aromatic nitrogens is 1. The first-order valence-electron chi connectivity index (χ1n) is 7.13. The van der Waals surface area contributed by atoms with Gasteiger partial charge in [-0.3, -0.25) is 14.8 Å². The molecule has 0 aliphatic heterocycles. The molecule has 0 spiro atoms. The molecule has 9 nitrogen and oxygen atoms in total. The molecule has 1 aromatic rings. The molecule has 2 atom stereocenters. The van der Waals surface area contributed by atoms with Crippen molar-refractivity contribution in [3.8, 4) is 0 Å². The molecule has 0 aliphatic carbocycles. The summed E-state index contributed by atoms with van der Waals surface area (Å²) in [6.45, 7) is 0.362. The second-order valence-corrected chi connectivity index (χ2v) is 5.02. The van der Waals surface area contributed by atoms with Crippen molar-refractivity contribution in [1.82, 2.24) is 10.3 Å². The lowest BCUT2D eigenvalue weighted by molar-refractivity contribution is -0.142. The van der Waals surface area contributed by atoms with Crippen LogP contribution in [0, 0.1) is 0 Å². The van der Waals surface area contributed by atoms with E-state index in [0.29, 0.717) is 24.9 Å². The number of carboxylic acid groups (broad SMARTS) is 1. The van der Waals surface area contributed by atoms with Crippen molar-refractivity contribution in [2.24, 2.45) is 22.2 Å². The van der Waals surface area contributed by atoms with Gasteiger partial charge in [0, 0.05) is 25.4 Å². The fourth-order valence-electron chi connectivity index (χ4n) is 1.88. The molecule has 0 saturated heterocycles. The summed E-state index contributed by atoms with van der Waals surface area (Å²) in [6, 6.07) is 1.56. The Morgan fingerprint density at radius 2 is 2.13 bits per heavy atom. The van der Waals surface area contributed by atoms with Crippen LogP contribution >= 0.6 is 0 Å². The molecule has 0 bridgehead atoms. The number of carboxylic acids is 1. The van der Waals surface area contributed by atoms with E-state index in [2.05, 4.69) is 15.3 Å². The zero-order valence-electron chi connectivity index (χ0n) is 12.7. The van der Waals surface area contributed by atoms with Crippen LogP contribution in [0.25, 0.3) is 0 Å². The molecular weight excluding hydrogens is 300 g/mol. The van der Waals surface area contributed by atoms with Gasteiger partial charge in [-0.1, -0.05) is 6.07 Å². The summed E-state index contributed by atoms with van der Waals surface area (Å²) < 4.78 is 0. The molecular formula is C14H22N6O3. The number of nitrogens with two attached hydrogens (primary N) is 3. The highest BCUT2D eigenvalue weighted by molar-refractivity contribution is 5.86. The van der Waals surface area contributed by atoms with E-state index in [1.807, 2.05) is 0 Å². The van der Waals surface area contributed by atoms with Gasteiger partial charge in [0.25, 0.3) is 0 Å². The predicted octanol–water partition coefficient (Wildman–Crippen LogP) is -1.43. The van der Waals surface area contributed by atoms with E-state index in [4.69, 9.17) is 17.2 Å². The summed E-state index contributed by atoms with van der Waals surface area (Å²) >= 11 is 0. The number of hydrogen-bond acceptors (Lipinski definition) is 5. The predicted molar refractivity (Wildman–Crippen MR) is 85.4 cm³/mol. The van der Waals surface area contributed by atoms with Gasteiger partial charge < -0.3 is 27.6 Å². The number of rotatable bonds is 9. The first kappa shape index (κ1) is 18.4. The maximum Gasteiger partial charge on any atom is 0.326 e. The zero-order chi connectivity index (χ0) is 17.2.